The van der Waals surface area contributed by atoms with E-state index < -0.39 is 11.1 Å². The van der Waals surface area contributed by atoms with Crippen molar-refractivity contribution in [2.75, 3.05) is 26.2 Å². The third-order valence-electron chi connectivity index (χ3n) is 10.4. The summed E-state index contributed by atoms with van der Waals surface area (Å²) in [6.07, 6.45) is 3.40. The van der Waals surface area contributed by atoms with Crippen molar-refractivity contribution in [3.05, 3.63) is 215 Å². The fourth-order valence-electron chi connectivity index (χ4n) is 7.95. The molecule has 6 aromatic carbocycles. The summed E-state index contributed by atoms with van der Waals surface area (Å²) in [6, 6.07) is 66.7. The molecule has 0 aliphatic rings. The second kappa shape index (κ2) is 19.1. The lowest BCUT2D eigenvalue weighted by molar-refractivity contribution is -0.0212. The van der Waals surface area contributed by atoms with E-state index in [9.17, 15) is 0 Å². The number of rotatable bonds is 20. The lowest BCUT2D eigenvalue weighted by Crippen LogP contribution is -2.74. The molecule has 4 N–H and O–H groups in total. The molecule has 0 spiro atoms. The fraction of sp³-hybridized carbons (Fsp3) is 0.250. The average molecular weight is 687 g/mol. The van der Waals surface area contributed by atoms with Crippen LogP contribution in [0.1, 0.15) is 33.4 Å². The first-order valence-corrected chi connectivity index (χ1v) is 18.8. The Bertz CT molecular complexity index is 1710. The summed E-state index contributed by atoms with van der Waals surface area (Å²) in [6.45, 7) is 4.64. The van der Waals surface area contributed by atoms with E-state index in [0.29, 0.717) is 6.54 Å². The highest BCUT2D eigenvalue weighted by atomic mass is 15.3. The molecule has 52 heavy (non-hydrogen) atoms. The number of benzene rings is 6. The third-order valence-corrected chi connectivity index (χ3v) is 10.4. The van der Waals surface area contributed by atoms with Gasteiger partial charge in [-0.05, 0) is 59.1 Å². The second-order valence-corrected chi connectivity index (χ2v) is 14.1. The van der Waals surface area contributed by atoms with Crippen LogP contribution in [0, 0.1) is 0 Å². The summed E-state index contributed by atoms with van der Waals surface area (Å²) in [7, 11) is 0. The number of nitrogens with one attached hydrogen (secondary N) is 2. The van der Waals surface area contributed by atoms with Crippen LogP contribution in [0.4, 0.5) is 0 Å². The SMILES string of the molecule is NCCNCCNC(Cc1ccccc1)(Cc1ccccc1)C(Cc1ccccc1)(Cc1ccccc1)N(Cc1ccccc1)Cc1ccccc1. The first kappa shape index (κ1) is 36.9. The minimum Gasteiger partial charge on any atom is -0.329 e. The zero-order valence-electron chi connectivity index (χ0n) is 30.4. The Balaban J connectivity index is 1.65. The van der Waals surface area contributed by atoms with Gasteiger partial charge in [0.25, 0.3) is 0 Å². The molecule has 0 heterocycles. The Hall–Kier alpha value is -4.84. The molecule has 0 aliphatic heterocycles. The van der Waals surface area contributed by atoms with Crippen molar-refractivity contribution in [1.29, 1.82) is 0 Å². The molecule has 0 radical (unpaired) electrons. The van der Waals surface area contributed by atoms with E-state index in [1.54, 1.807) is 0 Å². The average Bonchev–Trinajstić information content (AvgIpc) is 3.19. The maximum absolute atomic E-state index is 5.94. The van der Waals surface area contributed by atoms with Gasteiger partial charge in [0.05, 0.1) is 0 Å². The van der Waals surface area contributed by atoms with E-state index >= 15 is 0 Å². The molecule has 4 nitrogen and oxygen atoms in total. The molecule has 0 aromatic heterocycles. The highest BCUT2D eigenvalue weighted by Crippen LogP contribution is 2.43. The maximum Gasteiger partial charge on any atom is 0.0484 e. The van der Waals surface area contributed by atoms with Crippen LogP contribution >= 0.6 is 0 Å². The van der Waals surface area contributed by atoms with E-state index in [-0.39, 0.29) is 0 Å². The first-order chi connectivity index (χ1) is 25.7. The third kappa shape index (κ3) is 9.93. The molecule has 0 atom stereocenters. The molecular weight excluding hydrogens is 633 g/mol. The molecule has 6 rings (SSSR count). The van der Waals surface area contributed by atoms with E-state index in [0.717, 1.165) is 58.4 Å². The summed E-state index contributed by atoms with van der Waals surface area (Å²) < 4.78 is 0. The highest BCUT2D eigenvalue weighted by molar-refractivity contribution is 5.35. The molecule has 4 heteroatoms. The lowest BCUT2D eigenvalue weighted by Gasteiger charge is -2.58. The molecule has 6 aromatic rings. The smallest absolute Gasteiger partial charge is 0.0484 e. The topological polar surface area (TPSA) is 53.3 Å². The van der Waals surface area contributed by atoms with Gasteiger partial charge in [-0.1, -0.05) is 182 Å². The maximum atomic E-state index is 5.94. The van der Waals surface area contributed by atoms with E-state index in [4.69, 9.17) is 5.73 Å². The molecule has 0 aliphatic carbocycles. The Morgan fingerprint density at radius 1 is 0.385 bits per heavy atom. The summed E-state index contributed by atoms with van der Waals surface area (Å²) in [4.78, 5) is 2.82. The van der Waals surface area contributed by atoms with Crippen LogP contribution in [-0.2, 0) is 38.8 Å². The largest absolute Gasteiger partial charge is 0.329 e. The quantitative estimate of drug-likeness (QED) is 0.0708. The predicted octanol–water partition coefficient (Wildman–Crippen LogP) is 8.28. The molecule has 266 valence electrons. The minimum atomic E-state index is -0.435. The van der Waals surface area contributed by atoms with Gasteiger partial charge in [-0.25, -0.2) is 0 Å². The predicted molar refractivity (Wildman–Crippen MR) is 218 cm³/mol. The van der Waals surface area contributed by atoms with Crippen LogP contribution in [0.25, 0.3) is 0 Å². The molecule has 0 amide bonds. The van der Waals surface area contributed by atoms with Crippen molar-refractivity contribution in [2.24, 2.45) is 5.73 Å². The van der Waals surface area contributed by atoms with Crippen molar-refractivity contribution in [3.8, 4) is 0 Å². The fourth-order valence-corrected chi connectivity index (χ4v) is 7.95. The normalized spacial score (nSPS) is 11.9. The molecule has 0 saturated heterocycles. The number of hydrogen-bond donors (Lipinski definition) is 3. The summed E-state index contributed by atoms with van der Waals surface area (Å²) >= 11 is 0. The van der Waals surface area contributed by atoms with Crippen molar-refractivity contribution < 1.29 is 0 Å². The number of nitrogens with zero attached hydrogens (tertiary/aromatic N) is 1. The van der Waals surface area contributed by atoms with Gasteiger partial charge in [0.2, 0.25) is 0 Å². The molecule has 0 bridgehead atoms. The van der Waals surface area contributed by atoms with Crippen molar-refractivity contribution in [3.63, 3.8) is 0 Å². The van der Waals surface area contributed by atoms with E-state index in [2.05, 4.69) is 198 Å². The zero-order valence-corrected chi connectivity index (χ0v) is 30.4. The Morgan fingerprint density at radius 2 is 0.712 bits per heavy atom. The Labute approximate surface area is 311 Å². The lowest BCUT2D eigenvalue weighted by atomic mass is 9.62. The van der Waals surface area contributed by atoms with Gasteiger partial charge in [0.1, 0.15) is 0 Å². The second-order valence-electron chi connectivity index (χ2n) is 14.1. The van der Waals surface area contributed by atoms with Gasteiger partial charge in [0.15, 0.2) is 0 Å². The van der Waals surface area contributed by atoms with Crippen LogP contribution in [0.3, 0.4) is 0 Å². The Kier molecular flexibility index (Phi) is 13.6. The molecule has 0 fully saturated rings. The van der Waals surface area contributed by atoms with Crippen LogP contribution in [0.15, 0.2) is 182 Å². The number of hydrogen-bond acceptors (Lipinski definition) is 4. The van der Waals surface area contributed by atoms with Crippen LogP contribution in [0.2, 0.25) is 0 Å². The minimum absolute atomic E-state index is 0.430. The monoisotopic (exact) mass is 686 g/mol. The van der Waals surface area contributed by atoms with Gasteiger partial charge >= 0.3 is 0 Å². The molecule has 0 saturated carbocycles. The van der Waals surface area contributed by atoms with Gasteiger partial charge in [-0.3, -0.25) is 4.90 Å². The van der Waals surface area contributed by atoms with Crippen LogP contribution in [0.5, 0.6) is 0 Å². The summed E-state index contributed by atoms with van der Waals surface area (Å²) in [5.41, 5.74) is 13.0. The van der Waals surface area contributed by atoms with E-state index in [1.165, 1.54) is 33.4 Å². The van der Waals surface area contributed by atoms with Crippen molar-refractivity contribution >= 4 is 0 Å². The molecule has 0 unspecified atom stereocenters. The van der Waals surface area contributed by atoms with Gasteiger partial charge in [0, 0.05) is 50.3 Å². The summed E-state index contributed by atoms with van der Waals surface area (Å²) in [5, 5.41) is 7.97. The van der Waals surface area contributed by atoms with Crippen molar-refractivity contribution in [1.82, 2.24) is 15.5 Å². The van der Waals surface area contributed by atoms with Crippen molar-refractivity contribution in [2.45, 2.75) is 49.9 Å². The van der Waals surface area contributed by atoms with Gasteiger partial charge < -0.3 is 16.4 Å². The number of nitrogens with two attached hydrogens (primary N) is 1. The summed E-state index contributed by atoms with van der Waals surface area (Å²) in [5.74, 6) is 0. The standard InChI is InChI=1S/C48H54N4/c49-31-32-50-33-34-51-47(35-41-19-7-1-8-20-41,36-42-21-9-2-10-22-42)48(37-43-23-11-3-12-24-43,38-44-25-13-4-14-26-44)52(39-45-27-15-5-16-28-45)40-46-29-17-6-18-30-46/h1-30,50-51H,31-40,49H2. The van der Waals surface area contributed by atoms with Crippen LogP contribution in [-0.4, -0.2) is 42.2 Å². The van der Waals surface area contributed by atoms with Gasteiger partial charge in [-0.2, -0.15) is 0 Å². The Morgan fingerprint density at radius 3 is 1.06 bits per heavy atom. The zero-order chi connectivity index (χ0) is 35.7. The van der Waals surface area contributed by atoms with E-state index in [1.807, 2.05) is 0 Å². The molecular formula is C48H54N4. The first-order valence-electron chi connectivity index (χ1n) is 18.8. The highest BCUT2D eigenvalue weighted by Gasteiger charge is 2.54. The van der Waals surface area contributed by atoms with Gasteiger partial charge in [-0.15, -0.1) is 0 Å². The van der Waals surface area contributed by atoms with Crippen LogP contribution < -0.4 is 16.4 Å².